The molecule has 4 heteroatoms. The lowest BCUT2D eigenvalue weighted by Crippen LogP contribution is -1.92. The predicted molar refractivity (Wildman–Crippen MR) is 43.5 cm³/mol. The first-order chi connectivity index (χ1) is 5.86. The van der Waals surface area contributed by atoms with E-state index in [-0.39, 0.29) is 0 Å². The van der Waals surface area contributed by atoms with Crippen LogP contribution in [0.15, 0.2) is 33.5 Å². The quantitative estimate of drug-likeness (QED) is 0.633. The third-order valence-corrected chi connectivity index (χ3v) is 1.33. The Labute approximate surface area is 68.1 Å². The Hall–Kier alpha value is -2.02. The lowest BCUT2D eigenvalue weighted by atomic mass is 10.3. The summed E-state index contributed by atoms with van der Waals surface area (Å²) in [5.74, 6) is -0.402. The van der Waals surface area contributed by atoms with Crippen LogP contribution in [-0.4, -0.2) is 4.98 Å². The van der Waals surface area contributed by atoms with Crippen LogP contribution in [-0.2, 0) is 0 Å². The summed E-state index contributed by atoms with van der Waals surface area (Å²) in [6, 6.07) is 7.19. The molecule has 0 saturated heterocycles. The normalized spacial score (nSPS) is 8.83. The zero-order valence-corrected chi connectivity index (χ0v) is 6.15. The van der Waals surface area contributed by atoms with Gasteiger partial charge in [0.15, 0.2) is 5.58 Å². The van der Waals surface area contributed by atoms with Gasteiger partial charge in [-0.15, -0.1) is 0 Å². The fourth-order valence-electron chi connectivity index (χ4n) is 0.894. The van der Waals surface area contributed by atoms with Gasteiger partial charge < -0.3 is 4.42 Å². The fraction of sp³-hybridized carbons (Fsp3) is 0. The molecular formula is C8H6N2O2. The lowest BCUT2D eigenvalue weighted by molar-refractivity contribution is 0.555. The Morgan fingerprint density at radius 2 is 2.00 bits per heavy atom. The maximum atomic E-state index is 10.6. The van der Waals surface area contributed by atoms with Crippen LogP contribution in [0.3, 0.4) is 0 Å². The van der Waals surface area contributed by atoms with E-state index >= 15 is 0 Å². The summed E-state index contributed by atoms with van der Waals surface area (Å²) in [6.07, 6.45) is 0. The van der Waals surface area contributed by atoms with Crippen molar-refractivity contribution in [2.45, 2.75) is 0 Å². The van der Waals surface area contributed by atoms with Crippen molar-refractivity contribution >= 4 is 11.1 Å². The van der Waals surface area contributed by atoms with Gasteiger partial charge in [-0.25, -0.2) is 10.1 Å². The number of nitriles is 1. The smallest absolute Gasteiger partial charge is 0.408 e. The number of fused-ring (bicyclic) bond motifs is 1. The van der Waals surface area contributed by atoms with Crippen molar-refractivity contribution < 1.29 is 4.42 Å². The molecule has 0 saturated carbocycles. The summed E-state index contributed by atoms with van der Waals surface area (Å²) < 4.78 is 4.76. The number of benzene rings is 1. The van der Waals surface area contributed by atoms with Crippen LogP contribution < -0.4 is 5.76 Å². The largest absolute Gasteiger partial charge is 0.417 e. The molecule has 1 aromatic heterocycles. The molecule has 60 valence electrons. The van der Waals surface area contributed by atoms with Gasteiger partial charge in [-0.05, 0) is 12.1 Å². The van der Waals surface area contributed by atoms with Crippen molar-refractivity contribution in [2.24, 2.45) is 0 Å². The molecule has 2 aromatic rings. The van der Waals surface area contributed by atoms with Gasteiger partial charge in [0, 0.05) is 6.57 Å². The number of oxazole rings is 1. The number of para-hydroxylation sites is 2. The molecule has 4 nitrogen and oxygen atoms in total. The van der Waals surface area contributed by atoms with Crippen molar-refractivity contribution in [1.29, 1.82) is 5.26 Å². The van der Waals surface area contributed by atoms with Crippen LogP contribution in [0.5, 0.6) is 0 Å². The van der Waals surface area contributed by atoms with Crippen LogP contribution in [0.25, 0.3) is 11.1 Å². The van der Waals surface area contributed by atoms with E-state index in [0.29, 0.717) is 5.58 Å². The molecule has 12 heavy (non-hydrogen) atoms. The van der Waals surface area contributed by atoms with Crippen LogP contribution in [0.2, 0.25) is 0 Å². The molecule has 1 heterocycles. The molecule has 0 bridgehead atoms. The average Bonchev–Trinajstić information content (AvgIpc) is 2.48. The minimum absolute atomic E-state index is 0.402. The number of nitrogens with one attached hydrogen (secondary N) is 1. The van der Waals surface area contributed by atoms with E-state index in [2.05, 4.69) is 11.6 Å². The molecule has 0 aliphatic carbocycles. The van der Waals surface area contributed by atoms with Gasteiger partial charge in [0.1, 0.15) is 0 Å². The first-order valence-corrected chi connectivity index (χ1v) is 3.20. The molecule has 0 fully saturated rings. The van der Waals surface area contributed by atoms with Crippen molar-refractivity contribution in [3.05, 3.63) is 34.8 Å². The number of hydrogen-bond donors (Lipinski definition) is 1. The number of aromatic amines is 1. The highest BCUT2D eigenvalue weighted by Crippen LogP contribution is 2.06. The summed E-state index contributed by atoms with van der Waals surface area (Å²) in [5, 5.41) is 6.50. The summed E-state index contributed by atoms with van der Waals surface area (Å²) in [5.41, 5.74) is 1.35. The Morgan fingerprint density at radius 1 is 1.33 bits per heavy atom. The SMILES string of the molecule is C#N.O=c1[nH]c2ccccc2o1. The predicted octanol–water partition coefficient (Wildman–Crippen LogP) is 1.26. The zero-order valence-electron chi connectivity index (χ0n) is 6.15. The lowest BCUT2D eigenvalue weighted by Gasteiger charge is -1.79. The van der Waals surface area contributed by atoms with Gasteiger partial charge in [0.05, 0.1) is 5.52 Å². The molecular weight excluding hydrogens is 156 g/mol. The van der Waals surface area contributed by atoms with Gasteiger partial charge in [-0.3, -0.25) is 4.98 Å². The van der Waals surface area contributed by atoms with E-state index in [0.717, 1.165) is 5.52 Å². The molecule has 0 amide bonds. The Bertz CT molecular complexity index is 402. The molecule has 1 aromatic carbocycles. The maximum Gasteiger partial charge on any atom is 0.417 e. The molecule has 2 rings (SSSR count). The maximum absolute atomic E-state index is 10.6. The summed E-state index contributed by atoms with van der Waals surface area (Å²) in [7, 11) is 0. The Morgan fingerprint density at radius 3 is 2.67 bits per heavy atom. The van der Waals surface area contributed by atoms with Crippen molar-refractivity contribution in [2.75, 3.05) is 0 Å². The third-order valence-electron chi connectivity index (χ3n) is 1.33. The van der Waals surface area contributed by atoms with E-state index < -0.39 is 5.76 Å². The standard InChI is InChI=1S/C7H5NO2.CHN/c9-7-8-5-3-1-2-4-6(5)10-7;1-2/h1-4H,(H,8,9);1H. The summed E-state index contributed by atoms with van der Waals surface area (Å²) >= 11 is 0. The highest BCUT2D eigenvalue weighted by molar-refractivity contribution is 5.71. The summed E-state index contributed by atoms with van der Waals surface area (Å²) in [4.78, 5) is 13.1. The van der Waals surface area contributed by atoms with Gasteiger partial charge in [0.2, 0.25) is 0 Å². The molecule has 1 N–H and O–H groups in total. The van der Waals surface area contributed by atoms with Crippen molar-refractivity contribution in [1.82, 2.24) is 4.98 Å². The second-order valence-corrected chi connectivity index (χ2v) is 2.01. The molecule has 0 aliphatic heterocycles. The van der Waals surface area contributed by atoms with Gasteiger partial charge in [-0.1, -0.05) is 12.1 Å². The second kappa shape index (κ2) is 3.39. The monoisotopic (exact) mass is 162 g/mol. The zero-order chi connectivity index (χ0) is 8.97. The Balaban J connectivity index is 0.000000336. The van der Waals surface area contributed by atoms with Crippen LogP contribution in [0.4, 0.5) is 0 Å². The fourth-order valence-corrected chi connectivity index (χ4v) is 0.894. The highest BCUT2D eigenvalue weighted by Gasteiger charge is 1.95. The van der Waals surface area contributed by atoms with E-state index in [1.54, 1.807) is 12.1 Å². The van der Waals surface area contributed by atoms with Crippen LogP contribution in [0.1, 0.15) is 0 Å². The molecule has 0 atom stereocenters. The topological polar surface area (TPSA) is 69.8 Å². The minimum atomic E-state index is -0.402. The first-order valence-electron chi connectivity index (χ1n) is 3.20. The third kappa shape index (κ3) is 1.35. The summed E-state index contributed by atoms with van der Waals surface area (Å²) in [6.45, 7) is 3.50. The molecule has 0 unspecified atom stereocenters. The van der Waals surface area contributed by atoms with E-state index in [1.165, 1.54) is 0 Å². The minimum Gasteiger partial charge on any atom is -0.408 e. The van der Waals surface area contributed by atoms with E-state index in [4.69, 9.17) is 9.68 Å². The number of hydrogen-bond acceptors (Lipinski definition) is 3. The average molecular weight is 162 g/mol. The number of aromatic nitrogens is 1. The van der Waals surface area contributed by atoms with Gasteiger partial charge in [-0.2, -0.15) is 0 Å². The number of rotatable bonds is 0. The molecule has 0 spiro atoms. The van der Waals surface area contributed by atoms with Crippen molar-refractivity contribution in [3.8, 4) is 6.57 Å². The second-order valence-electron chi connectivity index (χ2n) is 2.01. The van der Waals surface area contributed by atoms with Crippen LogP contribution >= 0.6 is 0 Å². The van der Waals surface area contributed by atoms with Crippen molar-refractivity contribution in [3.63, 3.8) is 0 Å². The van der Waals surface area contributed by atoms with E-state index in [9.17, 15) is 4.79 Å². The highest BCUT2D eigenvalue weighted by atomic mass is 16.4. The Kier molecular flexibility index (Phi) is 2.29. The van der Waals surface area contributed by atoms with E-state index in [1.807, 2.05) is 12.1 Å². The van der Waals surface area contributed by atoms with Gasteiger partial charge >= 0.3 is 5.76 Å². The van der Waals surface area contributed by atoms with Crippen LogP contribution in [0, 0.1) is 11.8 Å². The first kappa shape index (κ1) is 8.08. The molecule has 0 radical (unpaired) electrons. The van der Waals surface area contributed by atoms with Gasteiger partial charge in [0.25, 0.3) is 0 Å². The number of nitrogens with zero attached hydrogens (tertiary/aromatic N) is 1. The number of H-pyrrole nitrogens is 1. The molecule has 0 aliphatic rings.